The van der Waals surface area contributed by atoms with Crippen LogP contribution in [0.2, 0.25) is 0 Å². The molecule has 120 valence electrons. The fraction of sp³-hybridized carbons (Fsp3) is 0.0526. The van der Waals surface area contributed by atoms with Gasteiger partial charge in [0.2, 0.25) is 0 Å². The maximum Gasteiger partial charge on any atom is 0.163 e. The lowest BCUT2D eigenvalue weighted by Gasteiger charge is -2.08. The molecule has 6 nitrogen and oxygen atoms in total. The van der Waals surface area contributed by atoms with E-state index in [2.05, 4.69) is 26.2 Å². The first kappa shape index (κ1) is 13.9. The number of nitrogens with one attached hydrogen (secondary N) is 1. The van der Waals surface area contributed by atoms with Crippen molar-refractivity contribution in [3.05, 3.63) is 67.0 Å². The van der Waals surface area contributed by atoms with E-state index in [1.807, 2.05) is 54.2 Å². The second kappa shape index (κ2) is 5.24. The van der Waals surface area contributed by atoms with E-state index in [4.69, 9.17) is 4.98 Å². The van der Waals surface area contributed by atoms with Crippen molar-refractivity contribution in [2.75, 3.05) is 0 Å². The standard InChI is InChI=1S/C19H14N6/c1-12-10-25-11-17(14-3-2-4-16-15(14)9-21-24-16)23-18(19(25)22-12)13-5-7-20-8-6-13/h2-11H,1H3,(H,21,24). The van der Waals surface area contributed by atoms with Gasteiger partial charge >= 0.3 is 0 Å². The van der Waals surface area contributed by atoms with Gasteiger partial charge in [0.25, 0.3) is 0 Å². The molecule has 0 aliphatic carbocycles. The third-order valence-electron chi connectivity index (χ3n) is 4.27. The summed E-state index contributed by atoms with van der Waals surface area (Å²) < 4.78 is 2.03. The molecule has 6 heteroatoms. The number of hydrogen-bond donors (Lipinski definition) is 1. The van der Waals surface area contributed by atoms with Gasteiger partial charge < -0.3 is 4.40 Å². The van der Waals surface area contributed by atoms with Crippen molar-refractivity contribution in [3.63, 3.8) is 0 Å². The molecule has 5 rings (SSSR count). The van der Waals surface area contributed by atoms with Crippen LogP contribution in [0.25, 0.3) is 39.1 Å². The van der Waals surface area contributed by atoms with Gasteiger partial charge in [0.15, 0.2) is 5.65 Å². The Balaban J connectivity index is 1.84. The summed E-state index contributed by atoms with van der Waals surface area (Å²) in [6, 6.07) is 9.98. The van der Waals surface area contributed by atoms with Gasteiger partial charge in [0.05, 0.1) is 23.1 Å². The highest BCUT2D eigenvalue weighted by molar-refractivity contribution is 5.93. The zero-order valence-corrected chi connectivity index (χ0v) is 13.5. The zero-order chi connectivity index (χ0) is 16.8. The highest BCUT2D eigenvalue weighted by atomic mass is 15.1. The molecule has 1 N–H and O–H groups in total. The second-order valence-corrected chi connectivity index (χ2v) is 5.96. The van der Waals surface area contributed by atoms with Crippen molar-refractivity contribution in [1.29, 1.82) is 0 Å². The summed E-state index contributed by atoms with van der Waals surface area (Å²) in [5.41, 5.74) is 6.54. The molecule has 0 saturated carbocycles. The van der Waals surface area contributed by atoms with Gasteiger partial charge in [0, 0.05) is 41.3 Å². The molecule has 0 spiro atoms. The summed E-state index contributed by atoms with van der Waals surface area (Å²) in [5.74, 6) is 0. The number of imidazole rings is 1. The van der Waals surface area contributed by atoms with Crippen LogP contribution in [-0.4, -0.2) is 29.5 Å². The molecular formula is C19H14N6. The Morgan fingerprint density at radius 2 is 1.88 bits per heavy atom. The Morgan fingerprint density at radius 3 is 2.76 bits per heavy atom. The summed E-state index contributed by atoms with van der Waals surface area (Å²) in [6.07, 6.45) is 9.41. The van der Waals surface area contributed by atoms with Gasteiger partial charge in [-0.15, -0.1) is 0 Å². The minimum Gasteiger partial charge on any atom is -0.303 e. The van der Waals surface area contributed by atoms with Gasteiger partial charge in [-0.1, -0.05) is 12.1 Å². The Hall–Kier alpha value is -3.54. The normalized spacial score (nSPS) is 11.4. The van der Waals surface area contributed by atoms with Gasteiger partial charge in [-0.2, -0.15) is 5.10 Å². The number of benzene rings is 1. The van der Waals surface area contributed by atoms with Crippen molar-refractivity contribution in [3.8, 4) is 22.5 Å². The molecule has 0 aliphatic heterocycles. The predicted octanol–water partition coefficient (Wildman–Crippen LogP) is 3.64. The largest absolute Gasteiger partial charge is 0.303 e. The lowest BCUT2D eigenvalue weighted by molar-refractivity contribution is 1.12. The number of aromatic amines is 1. The zero-order valence-electron chi connectivity index (χ0n) is 13.5. The van der Waals surface area contributed by atoms with E-state index in [-0.39, 0.29) is 0 Å². The van der Waals surface area contributed by atoms with Crippen LogP contribution in [0.4, 0.5) is 0 Å². The Morgan fingerprint density at radius 1 is 1.00 bits per heavy atom. The predicted molar refractivity (Wildman–Crippen MR) is 96.0 cm³/mol. The van der Waals surface area contributed by atoms with Gasteiger partial charge in [0.1, 0.15) is 5.69 Å². The Kier molecular flexibility index (Phi) is 2.90. The summed E-state index contributed by atoms with van der Waals surface area (Å²) in [5, 5.41) is 8.21. The van der Waals surface area contributed by atoms with Crippen LogP contribution in [0.15, 0.2) is 61.3 Å². The van der Waals surface area contributed by atoms with E-state index in [0.717, 1.165) is 44.8 Å². The van der Waals surface area contributed by atoms with Crippen LogP contribution in [0.3, 0.4) is 0 Å². The van der Waals surface area contributed by atoms with Crippen LogP contribution in [0.1, 0.15) is 5.69 Å². The Bertz CT molecular complexity index is 1200. The molecule has 0 atom stereocenters. The first-order valence-corrected chi connectivity index (χ1v) is 7.99. The average molecular weight is 326 g/mol. The topological polar surface area (TPSA) is 71.8 Å². The molecule has 0 radical (unpaired) electrons. The molecule has 0 aliphatic rings. The second-order valence-electron chi connectivity index (χ2n) is 5.96. The number of hydrogen-bond acceptors (Lipinski definition) is 4. The average Bonchev–Trinajstić information content (AvgIpc) is 3.26. The molecule has 0 unspecified atom stereocenters. The van der Waals surface area contributed by atoms with Crippen molar-refractivity contribution in [2.24, 2.45) is 0 Å². The van der Waals surface area contributed by atoms with E-state index in [1.165, 1.54) is 0 Å². The first-order valence-electron chi connectivity index (χ1n) is 7.99. The minimum atomic E-state index is 0.840. The number of pyridine rings is 1. The van der Waals surface area contributed by atoms with Crippen molar-refractivity contribution >= 4 is 16.6 Å². The van der Waals surface area contributed by atoms with Crippen LogP contribution in [0.5, 0.6) is 0 Å². The molecule has 4 aromatic heterocycles. The van der Waals surface area contributed by atoms with Gasteiger partial charge in [-0.25, -0.2) is 9.97 Å². The number of aryl methyl sites for hydroxylation is 1. The monoisotopic (exact) mass is 326 g/mol. The lowest BCUT2D eigenvalue weighted by atomic mass is 10.1. The summed E-state index contributed by atoms with van der Waals surface area (Å²) in [4.78, 5) is 13.7. The number of nitrogens with zero attached hydrogens (tertiary/aromatic N) is 5. The van der Waals surface area contributed by atoms with E-state index in [1.54, 1.807) is 12.4 Å². The molecule has 4 heterocycles. The van der Waals surface area contributed by atoms with E-state index < -0.39 is 0 Å². The van der Waals surface area contributed by atoms with E-state index in [9.17, 15) is 0 Å². The molecule has 25 heavy (non-hydrogen) atoms. The maximum atomic E-state index is 4.93. The highest BCUT2D eigenvalue weighted by Gasteiger charge is 2.14. The van der Waals surface area contributed by atoms with Crippen molar-refractivity contribution in [1.82, 2.24) is 29.5 Å². The van der Waals surface area contributed by atoms with Crippen LogP contribution >= 0.6 is 0 Å². The molecule has 0 saturated heterocycles. The Labute approximate surface area is 143 Å². The number of fused-ring (bicyclic) bond motifs is 2. The molecule has 5 aromatic rings. The molecule has 0 bridgehead atoms. The fourth-order valence-corrected chi connectivity index (χ4v) is 3.15. The van der Waals surface area contributed by atoms with Crippen molar-refractivity contribution < 1.29 is 0 Å². The quantitative estimate of drug-likeness (QED) is 0.537. The summed E-state index contributed by atoms with van der Waals surface area (Å²) in [6.45, 7) is 1.99. The summed E-state index contributed by atoms with van der Waals surface area (Å²) in [7, 11) is 0. The molecular weight excluding hydrogens is 312 g/mol. The van der Waals surface area contributed by atoms with Crippen LogP contribution < -0.4 is 0 Å². The first-order chi connectivity index (χ1) is 12.3. The number of H-pyrrole nitrogens is 1. The SMILES string of the molecule is Cc1cn2cc(-c3cccc4[nH]ncc34)nc(-c3ccncc3)c2n1. The highest BCUT2D eigenvalue weighted by Crippen LogP contribution is 2.30. The van der Waals surface area contributed by atoms with Crippen LogP contribution in [-0.2, 0) is 0 Å². The number of rotatable bonds is 2. The minimum absolute atomic E-state index is 0.840. The lowest BCUT2D eigenvalue weighted by Crippen LogP contribution is -1.96. The molecule has 0 fully saturated rings. The fourth-order valence-electron chi connectivity index (χ4n) is 3.15. The maximum absolute atomic E-state index is 4.93. The third-order valence-corrected chi connectivity index (χ3v) is 4.27. The van der Waals surface area contributed by atoms with Crippen LogP contribution in [0, 0.1) is 6.92 Å². The third kappa shape index (κ3) is 2.19. The van der Waals surface area contributed by atoms with Crippen molar-refractivity contribution in [2.45, 2.75) is 6.92 Å². The van der Waals surface area contributed by atoms with E-state index >= 15 is 0 Å². The van der Waals surface area contributed by atoms with Gasteiger partial charge in [-0.05, 0) is 25.1 Å². The summed E-state index contributed by atoms with van der Waals surface area (Å²) >= 11 is 0. The molecule has 1 aromatic carbocycles. The van der Waals surface area contributed by atoms with Gasteiger partial charge in [-0.3, -0.25) is 10.1 Å². The molecule has 0 amide bonds. The van der Waals surface area contributed by atoms with E-state index in [0.29, 0.717) is 0 Å². The smallest absolute Gasteiger partial charge is 0.163 e. The number of aromatic nitrogens is 6.